The minimum Gasteiger partial charge on any atom is -0.423 e. The van der Waals surface area contributed by atoms with Crippen molar-refractivity contribution in [3.8, 4) is 56.0 Å². The number of rotatable bonds is 7. The Bertz CT molecular complexity index is 5640. The fourth-order valence-corrected chi connectivity index (χ4v) is 12.1. The first-order valence-electron chi connectivity index (χ1n) is 32.5. The van der Waals surface area contributed by atoms with Crippen LogP contribution in [0.1, 0.15) is 44.8 Å². The van der Waals surface area contributed by atoms with Crippen LogP contribution in [0, 0.1) is 67.3 Å². The molecule has 32 heteroatoms. The highest BCUT2D eigenvalue weighted by molar-refractivity contribution is 9.13. The highest BCUT2D eigenvalue weighted by Crippen LogP contribution is 2.40. The van der Waals surface area contributed by atoms with Crippen LogP contribution in [-0.2, 0) is 9.31 Å². The zero-order valence-electron chi connectivity index (χ0n) is 58.6. The van der Waals surface area contributed by atoms with Crippen LogP contribution in [0.4, 0.5) is 58.4 Å². The van der Waals surface area contributed by atoms with Gasteiger partial charge in [-0.3, -0.25) is 0 Å². The molecular weight excluding hydrogens is 1680 g/mol. The Morgan fingerprint density at radius 2 is 0.734 bits per heavy atom. The molecule has 0 saturated carbocycles. The molecule has 14 aromatic rings. The molecule has 1 aliphatic rings. The molecule has 109 heavy (non-hydrogen) atoms. The number of nitrogens with two attached hydrogens (primary N) is 4. The number of nitrogen functional groups attached to an aromatic ring is 4. The van der Waals surface area contributed by atoms with Crippen LogP contribution in [-0.4, -0.2) is 85.3 Å². The third-order valence-corrected chi connectivity index (χ3v) is 19.9. The Hall–Kier alpha value is -10.3. The number of halogens is 12. The van der Waals surface area contributed by atoms with Gasteiger partial charge >= 0.3 is 14.2 Å². The number of aromatic nitrogens is 10. The highest BCUT2D eigenvalue weighted by Gasteiger charge is 2.51. The SMILES string of the molecule is Cc1ncnc2ccc(-c3cc(Br)c(N)nc3-c3cc(F)cc(F)c3)cc12.Cc1ncnc2ccc(-c3ccc(N)nc3-c3cc(F)cc(F)c3)cc12.Cc1ncnc2ccc(B3OC(C)(C)C(C)(C)O3)cc12.Nc1ccc(Br)c(-c2cc(F)cc(F)c2)n1.Nc1ccc(Br)c(Br)n1.OB(O)c1cc(F)cc(F)c1. The summed E-state index contributed by atoms with van der Waals surface area (Å²) in [5, 5.41) is 19.8. The maximum absolute atomic E-state index is 13.8. The molecule has 0 spiro atoms. The average Bonchev–Trinajstić information content (AvgIpc) is 1.74. The van der Waals surface area contributed by atoms with Gasteiger partial charge in [0, 0.05) is 89.8 Å². The molecule has 8 heterocycles. The van der Waals surface area contributed by atoms with Gasteiger partial charge in [-0.1, -0.05) is 24.3 Å². The Morgan fingerprint density at radius 1 is 0.367 bits per heavy atom. The van der Waals surface area contributed by atoms with Gasteiger partial charge in [0.15, 0.2) is 0 Å². The van der Waals surface area contributed by atoms with Gasteiger partial charge in [-0.05, 0) is 256 Å². The van der Waals surface area contributed by atoms with Gasteiger partial charge in [-0.15, -0.1) is 0 Å². The van der Waals surface area contributed by atoms with E-state index in [1.165, 1.54) is 49.1 Å². The fourth-order valence-electron chi connectivity index (χ4n) is 10.8. The summed E-state index contributed by atoms with van der Waals surface area (Å²) in [5.41, 5.74) is 33.3. The minimum atomic E-state index is -1.83. The van der Waals surface area contributed by atoms with Crippen LogP contribution >= 0.6 is 63.7 Å². The predicted octanol–water partition coefficient (Wildman–Crippen LogP) is 17.3. The monoisotopic (exact) mass is 1740 g/mol. The molecule has 0 atom stereocenters. The van der Waals surface area contributed by atoms with Gasteiger partial charge in [-0.2, -0.15) is 0 Å². The van der Waals surface area contributed by atoms with E-state index in [2.05, 4.69) is 147 Å². The lowest BCUT2D eigenvalue weighted by molar-refractivity contribution is 0.00578. The first-order chi connectivity index (χ1) is 51.6. The number of anilines is 4. The second-order valence-electron chi connectivity index (χ2n) is 25.2. The van der Waals surface area contributed by atoms with E-state index < -0.39 is 53.7 Å². The quantitative estimate of drug-likeness (QED) is 0.0491. The summed E-state index contributed by atoms with van der Waals surface area (Å²) in [6.07, 6.45) is 4.62. The molecule has 7 aromatic carbocycles. The highest BCUT2D eigenvalue weighted by atomic mass is 79.9. The van der Waals surface area contributed by atoms with Crippen molar-refractivity contribution in [3.63, 3.8) is 0 Å². The van der Waals surface area contributed by atoms with Crippen molar-refractivity contribution >= 4 is 145 Å². The lowest BCUT2D eigenvalue weighted by atomic mass is 9.78. The number of pyridine rings is 4. The maximum atomic E-state index is 13.8. The van der Waals surface area contributed by atoms with E-state index in [4.69, 9.17) is 42.3 Å². The third-order valence-electron chi connectivity index (χ3n) is 16.9. The van der Waals surface area contributed by atoms with Crippen molar-refractivity contribution in [1.82, 2.24) is 49.8 Å². The van der Waals surface area contributed by atoms with Crippen molar-refractivity contribution < 1.29 is 54.5 Å². The van der Waals surface area contributed by atoms with Crippen LogP contribution in [0.3, 0.4) is 0 Å². The van der Waals surface area contributed by atoms with Gasteiger partial charge in [0.25, 0.3) is 0 Å². The van der Waals surface area contributed by atoms with Gasteiger partial charge in [0.1, 0.15) is 93.4 Å². The first-order valence-corrected chi connectivity index (χ1v) is 35.7. The molecule has 0 unspecified atom stereocenters. The summed E-state index contributed by atoms with van der Waals surface area (Å²) in [6.45, 7) is 14.0. The molecule has 0 amide bonds. The first kappa shape index (κ1) is 81.2. The Labute approximate surface area is 653 Å². The van der Waals surface area contributed by atoms with E-state index in [1.807, 2.05) is 75.4 Å². The van der Waals surface area contributed by atoms with Gasteiger partial charge < -0.3 is 42.3 Å². The van der Waals surface area contributed by atoms with E-state index >= 15 is 0 Å². The van der Waals surface area contributed by atoms with Crippen LogP contribution in [0.2, 0.25) is 0 Å². The molecule has 1 saturated heterocycles. The predicted molar refractivity (Wildman–Crippen MR) is 424 cm³/mol. The van der Waals surface area contributed by atoms with Crippen LogP contribution < -0.4 is 33.9 Å². The molecule has 15 rings (SSSR count). The summed E-state index contributed by atoms with van der Waals surface area (Å²) in [7, 11) is -2.18. The average molecular weight is 1740 g/mol. The fraction of sp³-hybridized carbons (Fsp3) is 0.117. The molecule has 1 aliphatic heterocycles. The summed E-state index contributed by atoms with van der Waals surface area (Å²) in [5.74, 6) is -4.32. The minimum absolute atomic E-state index is 0.192. The number of nitrogens with zero attached hydrogens (tertiary/aromatic N) is 10. The van der Waals surface area contributed by atoms with Crippen molar-refractivity contribution in [2.75, 3.05) is 22.9 Å². The van der Waals surface area contributed by atoms with Crippen molar-refractivity contribution in [1.29, 1.82) is 0 Å². The molecule has 0 bridgehead atoms. The lowest BCUT2D eigenvalue weighted by Gasteiger charge is -2.32. The lowest BCUT2D eigenvalue weighted by Crippen LogP contribution is -2.41. The summed E-state index contributed by atoms with van der Waals surface area (Å²) >= 11 is 13.1. The molecule has 1 fully saturated rings. The smallest absolute Gasteiger partial charge is 0.423 e. The number of hydrogen-bond donors (Lipinski definition) is 6. The molecule has 7 aromatic heterocycles. The molecule has 0 radical (unpaired) electrons. The Morgan fingerprint density at radius 3 is 1.17 bits per heavy atom. The second-order valence-corrected chi connectivity index (χ2v) is 28.5. The summed E-state index contributed by atoms with van der Waals surface area (Å²) in [6, 6.07) is 41.7. The topological polar surface area (TPSA) is 292 Å². The van der Waals surface area contributed by atoms with Gasteiger partial charge in [-0.25, -0.2) is 85.0 Å². The molecule has 554 valence electrons. The number of aryl methyl sites for hydroxylation is 3. The number of fused-ring (bicyclic) bond motifs is 3. The maximum Gasteiger partial charge on any atom is 0.494 e. The molecule has 10 N–H and O–H groups in total. The number of hydrogen-bond acceptors (Lipinski definition) is 18. The standard InChI is InChI=1S/C20H13BrF2N4.C20H14F2N4.C15H19BN2O2.C11H7BrF2N2.C6H5BF2O2.C5H4Br2N2/c1-10-15-6-11(2-3-18(15)26-9-25-10)16-8-17(21)20(24)27-19(16)12-4-13(22)7-14(23)5-12;1-11-17-8-12(2-4-18(17)25-10-24-11)16-3-5-19(23)26-20(16)13-6-14(21)9-15(22)7-13;1-10-12-8-11(6-7-13(12)18-9-17-10)16-19-14(2,3)15(4,5)20-16;12-9-1-2-10(15)16-11(9)6-3-7(13)5-8(14)4-6;8-5-1-4(7(10)11)2-6(9)3-5;6-3-1-2-4(8)9-5(3)7/h2-9H,1H3,(H2,24,27);2-10H,1H3,(H2,23,26);6-9H,1-5H3;1-5H,(H2,15,16);1-3,10-11H;1-2H,(H2,8,9). The largest absolute Gasteiger partial charge is 0.494 e. The normalized spacial score (nSPS) is 12.5. The Balaban J connectivity index is 0.000000145. The number of benzene rings is 7. The van der Waals surface area contributed by atoms with E-state index in [9.17, 15) is 35.1 Å². The van der Waals surface area contributed by atoms with Crippen molar-refractivity contribution in [2.24, 2.45) is 0 Å². The second kappa shape index (κ2) is 34.9. The Kier molecular flexibility index (Phi) is 26.0. The van der Waals surface area contributed by atoms with Crippen LogP contribution in [0.25, 0.3) is 88.7 Å². The molecule has 0 aliphatic carbocycles. The van der Waals surface area contributed by atoms with E-state index in [-0.39, 0.29) is 35.4 Å². The van der Waals surface area contributed by atoms with E-state index in [0.29, 0.717) is 71.5 Å². The zero-order chi connectivity index (χ0) is 78.9. The van der Waals surface area contributed by atoms with Gasteiger partial charge in [0.2, 0.25) is 0 Å². The van der Waals surface area contributed by atoms with Crippen molar-refractivity contribution in [2.45, 2.75) is 59.7 Å². The summed E-state index contributed by atoms with van der Waals surface area (Å²) < 4.78 is 121. The van der Waals surface area contributed by atoms with E-state index in [1.54, 1.807) is 42.7 Å². The zero-order valence-corrected chi connectivity index (χ0v) is 64.9. The summed E-state index contributed by atoms with van der Waals surface area (Å²) in [4.78, 5) is 42.1. The molecular formula is C77H62B2Br4F8N14O4. The van der Waals surface area contributed by atoms with Crippen LogP contribution in [0.5, 0.6) is 0 Å². The van der Waals surface area contributed by atoms with Crippen molar-refractivity contribution in [3.05, 3.63) is 270 Å². The van der Waals surface area contributed by atoms with Crippen LogP contribution in [0.15, 0.2) is 207 Å². The van der Waals surface area contributed by atoms with E-state index in [0.717, 1.165) is 106 Å². The van der Waals surface area contributed by atoms with Gasteiger partial charge in [0.05, 0.1) is 53.8 Å². The third kappa shape index (κ3) is 20.5. The molecule has 18 nitrogen and oxygen atoms in total.